The van der Waals surface area contributed by atoms with E-state index in [1.54, 1.807) is 14.0 Å². The SMILES string of the molecule is COc1ccc(CCN(C)CC(C)=O)cc1C(C)C. The van der Waals surface area contributed by atoms with E-state index in [1.807, 2.05) is 13.1 Å². The monoisotopic (exact) mass is 263 g/mol. The van der Waals surface area contributed by atoms with Crippen LogP contribution in [0.5, 0.6) is 5.75 Å². The molecule has 0 saturated heterocycles. The highest BCUT2D eigenvalue weighted by molar-refractivity contribution is 5.77. The van der Waals surface area contributed by atoms with Crippen LogP contribution in [0.3, 0.4) is 0 Å². The Kier molecular flexibility index (Phi) is 6.03. The largest absolute Gasteiger partial charge is 0.496 e. The van der Waals surface area contributed by atoms with Gasteiger partial charge in [-0.05, 0) is 43.5 Å². The van der Waals surface area contributed by atoms with Gasteiger partial charge in [-0.1, -0.05) is 26.0 Å². The van der Waals surface area contributed by atoms with E-state index < -0.39 is 0 Å². The standard InChI is InChI=1S/C16H25NO2/c1-12(2)15-10-14(6-7-16(15)19-5)8-9-17(4)11-13(3)18/h6-7,10,12H,8-9,11H2,1-5H3. The number of carbonyl (C=O) groups excluding carboxylic acids is 1. The number of benzene rings is 1. The minimum atomic E-state index is 0.208. The quantitative estimate of drug-likeness (QED) is 0.757. The predicted octanol–water partition coefficient (Wildman–Crippen LogP) is 2.88. The summed E-state index contributed by atoms with van der Waals surface area (Å²) in [5.74, 6) is 1.61. The highest BCUT2D eigenvalue weighted by Gasteiger charge is 2.09. The molecule has 19 heavy (non-hydrogen) atoms. The number of Topliss-reactive ketones (excluding diaryl/α,β-unsaturated/α-hetero) is 1. The third-order valence-corrected chi connectivity index (χ3v) is 3.19. The first-order chi connectivity index (χ1) is 8.93. The van der Waals surface area contributed by atoms with Crippen LogP contribution in [0.15, 0.2) is 18.2 Å². The molecule has 0 atom stereocenters. The van der Waals surface area contributed by atoms with Crippen molar-refractivity contribution in [3.63, 3.8) is 0 Å². The van der Waals surface area contributed by atoms with E-state index in [-0.39, 0.29) is 5.78 Å². The topological polar surface area (TPSA) is 29.5 Å². The van der Waals surface area contributed by atoms with Gasteiger partial charge in [-0.3, -0.25) is 9.69 Å². The maximum Gasteiger partial charge on any atom is 0.143 e. The normalized spacial score (nSPS) is 11.1. The lowest BCUT2D eigenvalue weighted by atomic mass is 9.98. The second-order valence-electron chi connectivity index (χ2n) is 5.42. The fourth-order valence-corrected chi connectivity index (χ4v) is 2.17. The number of nitrogens with zero attached hydrogens (tertiary/aromatic N) is 1. The van der Waals surface area contributed by atoms with Gasteiger partial charge in [-0.15, -0.1) is 0 Å². The maximum atomic E-state index is 11.0. The molecule has 0 unspecified atom stereocenters. The zero-order valence-corrected chi connectivity index (χ0v) is 12.7. The van der Waals surface area contributed by atoms with Gasteiger partial charge in [0.15, 0.2) is 0 Å². The van der Waals surface area contributed by atoms with Gasteiger partial charge in [0.1, 0.15) is 11.5 Å². The van der Waals surface area contributed by atoms with Crippen molar-refractivity contribution in [2.45, 2.75) is 33.1 Å². The van der Waals surface area contributed by atoms with Gasteiger partial charge in [0.25, 0.3) is 0 Å². The van der Waals surface area contributed by atoms with Crippen molar-refractivity contribution in [3.8, 4) is 5.75 Å². The van der Waals surface area contributed by atoms with Crippen LogP contribution in [0, 0.1) is 0 Å². The molecule has 0 aliphatic carbocycles. The van der Waals surface area contributed by atoms with Crippen LogP contribution in [0.4, 0.5) is 0 Å². The molecule has 1 aromatic rings. The molecule has 0 aliphatic rings. The Morgan fingerprint density at radius 1 is 1.37 bits per heavy atom. The summed E-state index contributed by atoms with van der Waals surface area (Å²) in [6, 6.07) is 6.35. The van der Waals surface area contributed by atoms with Gasteiger partial charge < -0.3 is 4.74 Å². The van der Waals surface area contributed by atoms with Crippen LogP contribution in [-0.2, 0) is 11.2 Å². The van der Waals surface area contributed by atoms with Gasteiger partial charge in [0.05, 0.1) is 13.7 Å². The Balaban J connectivity index is 2.69. The first-order valence-electron chi connectivity index (χ1n) is 6.78. The minimum Gasteiger partial charge on any atom is -0.496 e. The van der Waals surface area contributed by atoms with Crippen LogP contribution in [0.2, 0.25) is 0 Å². The summed E-state index contributed by atoms with van der Waals surface area (Å²) >= 11 is 0. The molecule has 106 valence electrons. The lowest BCUT2D eigenvalue weighted by molar-refractivity contribution is -0.117. The summed E-state index contributed by atoms with van der Waals surface area (Å²) in [6.07, 6.45) is 0.952. The molecule has 0 spiro atoms. The second kappa shape index (κ2) is 7.29. The molecule has 3 heteroatoms. The van der Waals surface area contributed by atoms with E-state index >= 15 is 0 Å². The Labute approximate surface area is 116 Å². The maximum absolute atomic E-state index is 11.0. The number of rotatable bonds is 7. The molecule has 1 aromatic carbocycles. The molecule has 0 N–H and O–H groups in total. The Morgan fingerprint density at radius 3 is 2.58 bits per heavy atom. The van der Waals surface area contributed by atoms with Crippen LogP contribution in [0.1, 0.15) is 37.8 Å². The highest BCUT2D eigenvalue weighted by atomic mass is 16.5. The van der Waals surface area contributed by atoms with E-state index in [0.29, 0.717) is 12.5 Å². The molecule has 0 saturated carbocycles. The third kappa shape index (κ3) is 5.03. The summed E-state index contributed by atoms with van der Waals surface area (Å²) in [7, 11) is 3.69. The van der Waals surface area contributed by atoms with Crippen molar-refractivity contribution >= 4 is 5.78 Å². The van der Waals surface area contributed by atoms with Crippen LogP contribution < -0.4 is 4.74 Å². The summed E-state index contributed by atoms with van der Waals surface area (Å²) in [6.45, 7) is 7.38. The number of likely N-dealkylation sites (N-methyl/N-ethyl adjacent to an activating group) is 1. The van der Waals surface area contributed by atoms with Gasteiger partial charge in [-0.2, -0.15) is 0 Å². The number of hydrogen-bond donors (Lipinski definition) is 0. The van der Waals surface area contributed by atoms with Crippen molar-refractivity contribution < 1.29 is 9.53 Å². The fourth-order valence-electron chi connectivity index (χ4n) is 2.17. The molecule has 3 nitrogen and oxygen atoms in total. The molecule has 0 aliphatic heterocycles. The van der Waals surface area contributed by atoms with Crippen molar-refractivity contribution in [1.82, 2.24) is 4.90 Å². The zero-order valence-electron chi connectivity index (χ0n) is 12.7. The number of hydrogen-bond acceptors (Lipinski definition) is 3. The third-order valence-electron chi connectivity index (χ3n) is 3.19. The summed E-state index contributed by atoms with van der Waals surface area (Å²) in [4.78, 5) is 13.1. The van der Waals surface area contributed by atoms with E-state index in [0.717, 1.165) is 18.7 Å². The Bertz CT molecular complexity index is 427. The molecule has 0 heterocycles. The van der Waals surface area contributed by atoms with Crippen LogP contribution in [-0.4, -0.2) is 37.9 Å². The minimum absolute atomic E-state index is 0.208. The molecule has 0 amide bonds. The summed E-state index contributed by atoms with van der Waals surface area (Å²) < 4.78 is 5.38. The number of ether oxygens (including phenoxy) is 1. The van der Waals surface area contributed by atoms with E-state index in [1.165, 1.54) is 11.1 Å². The molecule has 0 fully saturated rings. The molecular weight excluding hydrogens is 238 g/mol. The molecular formula is C16H25NO2. The van der Waals surface area contributed by atoms with Gasteiger partial charge in [0.2, 0.25) is 0 Å². The van der Waals surface area contributed by atoms with Crippen molar-refractivity contribution in [2.24, 2.45) is 0 Å². The van der Waals surface area contributed by atoms with Gasteiger partial charge in [0, 0.05) is 6.54 Å². The lowest BCUT2D eigenvalue weighted by Crippen LogP contribution is -2.26. The molecule has 0 bridgehead atoms. The van der Waals surface area contributed by atoms with Crippen LogP contribution in [0.25, 0.3) is 0 Å². The summed E-state index contributed by atoms with van der Waals surface area (Å²) in [5.41, 5.74) is 2.54. The van der Waals surface area contributed by atoms with E-state index in [9.17, 15) is 4.79 Å². The first kappa shape index (κ1) is 15.7. The highest BCUT2D eigenvalue weighted by Crippen LogP contribution is 2.27. The van der Waals surface area contributed by atoms with Gasteiger partial charge >= 0.3 is 0 Å². The number of ketones is 1. The first-order valence-corrected chi connectivity index (χ1v) is 6.78. The average molecular weight is 263 g/mol. The average Bonchev–Trinajstić information content (AvgIpc) is 2.35. The summed E-state index contributed by atoms with van der Waals surface area (Å²) in [5, 5.41) is 0. The Morgan fingerprint density at radius 2 is 2.05 bits per heavy atom. The number of carbonyl (C=O) groups is 1. The number of methoxy groups -OCH3 is 1. The molecule has 0 aromatic heterocycles. The fraction of sp³-hybridized carbons (Fsp3) is 0.562. The van der Waals surface area contributed by atoms with Crippen molar-refractivity contribution in [2.75, 3.05) is 27.2 Å². The zero-order chi connectivity index (χ0) is 14.4. The molecule has 0 radical (unpaired) electrons. The van der Waals surface area contributed by atoms with Gasteiger partial charge in [-0.25, -0.2) is 0 Å². The Hall–Kier alpha value is -1.35. The smallest absolute Gasteiger partial charge is 0.143 e. The van der Waals surface area contributed by atoms with Crippen molar-refractivity contribution in [1.29, 1.82) is 0 Å². The predicted molar refractivity (Wildman–Crippen MR) is 79.0 cm³/mol. The second-order valence-corrected chi connectivity index (χ2v) is 5.42. The van der Waals surface area contributed by atoms with Crippen molar-refractivity contribution in [3.05, 3.63) is 29.3 Å². The van der Waals surface area contributed by atoms with Crippen LogP contribution >= 0.6 is 0 Å². The van der Waals surface area contributed by atoms with E-state index in [2.05, 4.69) is 30.9 Å². The lowest BCUT2D eigenvalue weighted by Gasteiger charge is -2.16. The van der Waals surface area contributed by atoms with E-state index in [4.69, 9.17) is 4.74 Å². The molecule has 1 rings (SSSR count).